The second kappa shape index (κ2) is 9.37. The lowest BCUT2D eigenvalue weighted by molar-refractivity contribution is -0.138. The van der Waals surface area contributed by atoms with Crippen LogP contribution in [-0.4, -0.2) is 59.5 Å². The molecule has 0 unspecified atom stereocenters. The number of ether oxygens (including phenoxy) is 1. The predicted molar refractivity (Wildman–Crippen MR) is 107 cm³/mol. The number of hydrogen-bond acceptors (Lipinski definition) is 4. The number of carbonyl (C=O) groups excluding carboxylic acids is 1. The van der Waals surface area contributed by atoms with Gasteiger partial charge in [0.2, 0.25) is 0 Å². The highest BCUT2D eigenvalue weighted by Crippen LogP contribution is 2.27. The van der Waals surface area contributed by atoms with Gasteiger partial charge in [-0.05, 0) is 50.6 Å². The molecule has 1 N–H and O–H groups in total. The third-order valence-corrected chi connectivity index (χ3v) is 5.08. The van der Waals surface area contributed by atoms with E-state index in [4.69, 9.17) is 9.84 Å². The molecule has 0 radical (unpaired) electrons. The Morgan fingerprint density at radius 1 is 1.07 bits per heavy atom. The van der Waals surface area contributed by atoms with Crippen LogP contribution < -0.4 is 4.74 Å². The van der Waals surface area contributed by atoms with E-state index in [1.54, 1.807) is 6.07 Å². The first kappa shape index (κ1) is 19.9. The van der Waals surface area contributed by atoms with E-state index >= 15 is 0 Å². The molecule has 2 aromatic carbocycles. The summed E-state index contributed by atoms with van der Waals surface area (Å²) in [6.07, 6.45) is 2.50. The van der Waals surface area contributed by atoms with E-state index in [0.717, 1.165) is 19.3 Å². The van der Waals surface area contributed by atoms with Crippen LogP contribution >= 0.6 is 0 Å². The molecule has 1 saturated heterocycles. The Bertz CT molecular complexity index is 809. The predicted octanol–water partition coefficient (Wildman–Crippen LogP) is 3.49. The van der Waals surface area contributed by atoms with Gasteiger partial charge in [-0.3, -0.25) is 14.5 Å². The van der Waals surface area contributed by atoms with Crippen molar-refractivity contribution in [3.63, 3.8) is 0 Å². The number of rotatable bonds is 6. The van der Waals surface area contributed by atoms with Gasteiger partial charge in [0.15, 0.2) is 0 Å². The molecule has 3 rings (SSSR count). The third kappa shape index (κ3) is 5.10. The summed E-state index contributed by atoms with van der Waals surface area (Å²) in [5.41, 5.74) is 0.545. The molecule has 6 nitrogen and oxygen atoms in total. The molecule has 0 aromatic heterocycles. The Balaban J connectivity index is 1.70. The van der Waals surface area contributed by atoms with E-state index in [9.17, 15) is 9.59 Å². The second-order valence-corrected chi connectivity index (χ2v) is 7.10. The van der Waals surface area contributed by atoms with Crippen LogP contribution in [0.2, 0.25) is 0 Å². The Labute approximate surface area is 165 Å². The van der Waals surface area contributed by atoms with Gasteiger partial charge in [-0.2, -0.15) is 0 Å². The fourth-order valence-corrected chi connectivity index (χ4v) is 3.58. The quantitative estimate of drug-likeness (QED) is 0.828. The number of amides is 1. The van der Waals surface area contributed by atoms with Crippen LogP contribution in [0.4, 0.5) is 0 Å². The first-order valence-electron chi connectivity index (χ1n) is 9.58. The molecule has 1 amide bonds. The van der Waals surface area contributed by atoms with Crippen LogP contribution in [0.3, 0.4) is 0 Å². The molecule has 1 aliphatic heterocycles. The second-order valence-electron chi connectivity index (χ2n) is 7.10. The van der Waals surface area contributed by atoms with Gasteiger partial charge in [-0.1, -0.05) is 30.3 Å². The number of carboxylic acids is 1. The Kier molecular flexibility index (Phi) is 6.66. The van der Waals surface area contributed by atoms with E-state index in [0.29, 0.717) is 30.2 Å². The Morgan fingerprint density at radius 2 is 1.79 bits per heavy atom. The maximum Gasteiger partial charge on any atom is 0.317 e. The van der Waals surface area contributed by atoms with Crippen molar-refractivity contribution in [1.82, 2.24) is 9.80 Å². The van der Waals surface area contributed by atoms with Crippen molar-refractivity contribution in [3.05, 3.63) is 60.2 Å². The summed E-state index contributed by atoms with van der Waals surface area (Å²) in [6.45, 7) is 1.29. The maximum atomic E-state index is 13.2. The van der Waals surface area contributed by atoms with Crippen LogP contribution in [0.15, 0.2) is 54.6 Å². The van der Waals surface area contributed by atoms with Gasteiger partial charge in [0.05, 0.1) is 12.1 Å². The lowest BCUT2D eigenvalue weighted by Gasteiger charge is -2.26. The minimum Gasteiger partial charge on any atom is -0.480 e. The van der Waals surface area contributed by atoms with Crippen LogP contribution in [0.5, 0.6) is 11.5 Å². The molecule has 0 bridgehead atoms. The first-order chi connectivity index (χ1) is 13.5. The summed E-state index contributed by atoms with van der Waals surface area (Å²) in [4.78, 5) is 27.8. The van der Waals surface area contributed by atoms with Crippen LogP contribution in [0.1, 0.15) is 29.6 Å². The average Bonchev–Trinajstić information content (AvgIpc) is 2.94. The summed E-state index contributed by atoms with van der Waals surface area (Å²) < 4.78 is 5.93. The Hall–Kier alpha value is -2.86. The number of likely N-dealkylation sites (N-methyl/N-ethyl adjacent to an activating group) is 1. The van der Waals surface area contributed by atoms with Crippen molar-refractivity contribution >= 4 is 11.9 Å². The fraction of sp³-hybridized carbons (Fsp3) is 0.364. The van der Waals surface area contributed by atoms with Crippen molar-refractivity contribution in [2.75, 3.05) is 26.7 Å². The van der Waals surface area contributed by atoms with E-state index in [1.165, 1.54) is 0 Å². The SMILES string of the molecule is CN(CC(=O)O)[C@H]1CCCN(C(=O)c2ccccc2Oc2ccccc2)CC1. The largest absolute Gasteiger partial charge is 0.480 e. The molecule has 0 aliphatic carbocycles. The molecule has 1 fully saturated rings. The number of para-hydroxylation sites is 2. The maximum absolute atomic E-state index is 13.2. The summed E-state index contributed by atoms with van der Waals surface area (Å²) in [6, 6.07) is 16.9. The molecule has 1 aliphatic rings. The van der Waals surface area contributed by atoms with Crippen molar-refractivity contribution < 1.29 is 19.4 Å². The number of nitrogens with zero attached hydrogens (tertiary/aromatic N) is 2. The lowest BCUT2D eigenvalue weighted by atomic mass is 10.1. The smallest absolute Gasteiger partial charge is 0.317 e. The van der Waals surface area contributed by atoms with E-state index in [2.05, 4.69) is 0 Å². The topological polar surface area (TPSA) is 70.1 Å². The molecule has 0 saturated carbocycles. The monoisotopic (exact) mass is 382 g/mol. The lowest BCUT2D eigenvalue weighted by Crippen LogP contribution is -2.37. The van der Waals surface area contributed by atoms with Gasteiger partial charge in [0, 0.05) is 19.1 Å². The standard InChI is InChI=1S/C22H26N2O4/c1-23(16-21(25)26)17-8-7-14-24(15-13-17)22(27)19-11-5-6-12-20(19)28-18-9-3-2-4-10-18/h2-6,9-12,17H,7-8,13-16H2,1H3,(H,25,26)/t17-/m0/s1. The highest BCUT2D eigenvalue weighted by molar-refractivity contribution is 5.97. The van der Waals surface area contributed by atoms with E-state index < -0.39 is 5.97 Å². The highest BCUT2D eigenvalue weighted by Gasteiger charge is 2.26. The van der Waals surface area contributed by atoms with Gasteiger partial charge in [-0.25, -0.2) is 0 Å². The van der Waals surface area contributed by atoms with Crippen LogP contribution in [0.25, 0.3) is 0 Å². The fourth-order valence-electron chi connectivity index (χ4n) is 3.58. The van der Waals surface area contributed by atoms with Gasteiger partial charge in [-0.15, -0.1) is 0 Å². The molecule has 1 heterocycles. The third-order valence-electron chi connectivity index (χ3n) is 5.08. The summed E-state index contributed by atoms with van der Waals surface area (Å²) >= 11 is 0. The van der Waals surface area contributed by atoms with Gasteiger partial charge < -0.3 is 14.7 Å². The molecule has 0 spiro atoms. The summed E-state index contributed by atoms with van der Waals surface area (Å²) in [7, 11) is 1.83. The number of carboxylic acid groups (broad SMARTS) is 1. The normalized spacial score (nSPS) is 17.2. The summed E-state index contributed by atoms with van der Waals surface area (Å²) in [5.74, 6) is 0.358. The van der Waals surface area contributed by atoms with E-state index in [1.807, 2.05) is 65.4 Å². The zero-order valence-corrected chi connectivity index (χ0v) is 16.1. The highest BCUT2D eigenvalue weighted by atomic mass is 16.5. The molecular weight excluding hydrogens is 356 g/mol. The number of benzene rings is 2. The van der Waals surface area contributed by atoms with Gasteiger partial charge >= 0.3 is 5.97 Å². The summed E-state index contributed by atoms with van der Waals surface area (Å²) in [5, 5.41) is 9.01. The zero-order chi connectivity index (χ0) is 19.9. The molecule has 28 heavy (non-hydrogen) atoms. The average molecular weight is 382 g/mol. The molecule has 1 atom stereocenters. The Morgan fingerprint density at radius 3 is 2.54 bits per heavy atom. The van der Waals surface area contributed by atoms with E-state index in [-0.39, 0.29) is 18.5 Å². The number of hydrogen-bond donors (Lipinski definition) is 1. The minimum atomic E-state index is -0.827. The van der Waals surface area contributed by atoms with Crippen LogP contribution in [0, 0.1) is 0 Å². The molecule has 6 heteroatoms. The molecule has 148 valence electrons. The number of likely N-dealkylation sites (tertiary alicyclic amines) is 1. The van der Waals surface area contributed by atoms with Gasteiger partial charge in [0.1, 0.15) is 11.5 Å². The first-order valence-corrected chi connectivity index (χ1v) is 9.58. The van der Waals surface area contributed by atoms with Crippen molar-refractivity contribution in [1.29, 1.82) is 0 Å². The number of aliphatic carboxylic acids is 1. The molecule has 2 aromatic rings. The number of carbonyl (C=O) groups is 2. The van der Waals surface area contributed by atoms with Crippen LogP contribution in [-0.2, 0) is 4.79 Å². The zero-order valence-electron chi connectivity index (χ0n) is 16.1. The van der Waals surface area contributed by atoms with Crippen molar-refractivity contribution in [2.45, 2.75) is 25.3 Å². The minimum absolute atomic E-state index is 0.0202. The van der Waals surface area contributed by atoms with Gasteiger partial charge in [0.25, 0.3) is 5.91 Å². The van der Waals surface area contributed by atoms with Crippen molar-refractivity contribution in [2.24, 2.45) is 0 Å². The molecular formula is C22H26N2O4. The van der Waals surface area contributed by atoms with Crippen molar-refractivity contribution in [3.8, 4) is 11.5 Å².